The predicted molar refractivity (Wildman–Crippen MR) is 94.2 cm³/mol. The molecule has 0 saturated heterocycles. The summed E-state index contributed by atoms with van der Waals surface area (Å²) in [6.45, 7) is 7.14. The molecule has 4 heteroatoms. The smallest absolute Gasteiger partial charge is 0.319 e. The van der Waals surface area contributed by atoms with Crippen molar-refractivity contribution < 1.29 is 9.53 Å². The molecule has 4 nitrogen and oxygen atoms in total. The van der Waals surface area contributed by atoms with Crippen molar-refractivity contribution in [3.8, 4) is 5.75 Å². The number of benzene rings is 2. The van der Waals surface area contributed by atoms with E-state index in [1.807, 2.05) is 49.4 Å². The highest BCUT2D eigenvalue weighted by atomic mass is 16.5. The van der Waals surface area contributed by atoms with Gasteiger partial charge in [0.1, 0.15) is 12.4 Å². The van der Waals surface area contributed by atoms with E-state index in [-0.39, 0.29) is 6.03 Å². The Labute approximate surface area is 137 Å². The predicted octanol–water partition coefficient (Wildman–Crippen LogP) is 4.32. The molecule has 0 aliphatic heterocycles. The molecule has 23 heavy (non-hydrogen) atoms. The van der Waals surface area contributed by atoms with Gasteiger partial charge in [0, 0.05) is 5.69 Å². The SMILES string of the molecule is Cc1ccccc1NC(=O)NCCOc1cccc(C(C)C)c1. The number of urea groups is 1. The molecule has 0 bridgehead atoms. The van der Waals surface area contributed by atoms with E-state index < -0.39 is 0 Å². The normalized spacial score (nSPS) is 10.4. The summed E-state index contributed by atoms with van der Waals surface area (Å²) in [6.07, 6.45) is 0. The third kappa shape index (κ3) is 5.33. The number of carbonyl (C=O) groups excluding carboxylic acids is 1. The number of amides is 2. The van der Waals surface area contributed by atoms with Gasteiger partial charge in [0.25, 0.3) is 0 Å². The van der Waals surface area contributed by atoms with Crippen LogP contribution < -0.4 is 15.4 Å². The molecule has 0 spiro atoms. The van der Waals surface area contributed by atoms with Crippen LogP contribution in [0, 0.1) is 6.92 Å². The molecule has 2 rings (SSSR count). The topological polar surface area (TPSA) is 50.4 Å². The van der Waals surface area contributed by atoms with E-state index in [1.165, 1.54) is 5.56 Å². The molecular formula is C19H24N2O2. The fourth-order valence-electron chi connectivity index (χ4n) is 2.18. The number of nitrogens with one attached hydrogen (secondary N) is 2. The molecule has 2 aromatic carbocycles. The minimum atomic E-state index is -0.223. The minimum Gasteiger partial charge on any atom is -0.492 e. The van der Waals surface area contributed by atoms with Crippen molar-refractivity contribution >= 4 is 11.7 Å². The van der Waals surface area contributed by atoms with Gasteiger partial charge in [-0.2, -0.15) is 0 Å². The van der Waals surface area contributed by atoms with Gasteiger partial charge in [-0.05, 0) is 42.2 Å². The van der Waals surface area contributed by atoms with Crippen LogP contribution in [0.2, 0.25) is 0 Å². The first-order chi connectivity index (χ1) is 11.1. The average molecular weight is 312 g/mol. The van der Waals surface area contributed by atoms with Crippen LogP contribution >= 0.6 is 0 Å². The summed E-state index contributed by atoms with van der Waals surface area (Å²) < 4.78 is 5.68. The number of hydrogen-bond acceptors (Lipinski definition) is 2. The highest BCUT2D eigenvalue weighted by molar-refractivity contribution is 5.89. The maximum Gasteiger partial charge on any atom is 0.319 e. The molecule has 0 aliphatic rings. The van der Waals surface area contributed by atoms with Gasteiger partial charge in [-0.25, -0.2) is 4.79 Å². The summed E-state index contributed by atoms with van der Waals surface area (Å²) in [5.41, 5.74) is 3.09. The number of hydrogen-bond donors (Lipinski definition) is 2. The van der Waals surface area contributed by atoms with Gasteiger partial charge in [0.15, 0.2) is 0 Å². The van der Waals surface area contributed by atoms with Crippen LogP contribution in [0.4, 0.5) is 10.5 Å². The molecule has 0 saturated carbocycles. The Morgan fingerprint density at radius 3 is 2.65 bits per heavy atom. The summed E-state index contributed by atoms with van der Waals surface area (Å²) in [5.74, 6) is 1.30. The van der Waals surface area contributed by atoms with Crippen molar-refractivity contribution in [3.63, 3.8) is 0 Å². The lowest BCUT2D eigenvalue weighted by molar-refractivity contribution is 0.247. The second kappa shape index (κ2) is 8.22. The van der Waals surface area contributed by atoms with E-state index in [0.717, 1.165) is 17.0 Å². The van der Waals surface area contributed by atoms with Crippen molar-refractivity contribution in [2.24, 2.45) is 0 Å². The first-order valence-corrected chi connectivity index (χ1v) is 7.89. The molecule has 2 aromatic rings. The number of anilines is 1. The average Bonchev–Trinajstić information content (AvgIpc) is 2.54. The van der Waals surface area contributed by atoms with Gasteiger partial charge < -0.3 is 15.4 Å². The maximum atomic E-state index is 11.8. The standard InChI is InChI=1S/C19H24N2O2/c1-14(2)16-8-6-9-17(13-16)23-12-11-20-19(22)21-18-10-5-4-7-15(18)3/h4-10,13-14H,11-12H2,1-3H3,(H2,20,21,22). The summed E-state index contributed by atoms with van der Waals surface area (Å²) in [4.78, 5) is 11.8. The zero-order valence-corrected chi connectivity index (χ0v) is 13.9. The first kappa shape index (κ1) is 16.9. The molecule has 0 heterocycles. The molecule has 0 radical (unpaired) electrons. The highest BCUT2D eigenvalue weighted by Gasteiger charge is 2.04. The van der Waals surface area contributed by atoms with E-state index in [4.69, 9.17) is 4.74 Å². The van der Waals surface area contributed by atoms with Crippen LogP contribution in [-0.4, -0.2) is 19.2 Å². The lowest BCUT2D eigenvalue weighted by Gasteiger charge is -2.12. The van der Waals surface area contributed by atoms with Gasteiger partial charge in [-0.15, -0.1) is 0 Å². The van der Waals surface area contributed by atoms with Crippen molar-refractivity contribution in [1.29, 1.82) is 0 Å². The zero-order chi connectivity index (χ0) is 16.7. The van der Waals surface area contributed by atoms with E-state index in [9.17, 15) is 4.79 Å². The second-order valence-electron chi connectivity index (χ2n) is 5.77. The molecule has 2 amide bonds. The monoisotopic (exact) mass is 312 g/mol. The Balaban J connectivity index is 1.74. The fraction of sp³-hybridized carbons (Fsp3) is 0.316. The Morgan fingerprint density at radius 1 is 1.13 bits per heavy atom. The van der Waals surface area contributed by atoms with Crippen molar-refractivity contribution in [3.05, 3.63) is 59.7 Å². The lowest BCUT2D eigenvalue weighted by atomic mass is 10.0. The van der Waals surface area contributed by atoms with Crippen LogP contribution in [0.5, 0.6) is 5.75 Å². The number of carbonyl (C=O) groups is 1. The largest absolute Gasteiger partial charge is 0.492 e. The van der Waals surface area contributed by atoms with Crippen molar-refractivity contribution in [2.75, 3.05) is 18.5 Å². The molecule has 0 aliphatic carbocycles. The van der Waals surface area contributed by atoms with Gasteiger partial charge in [-0.1, -0.05) is 44.2 Å². The first-order valence-electron chi connectivity index (χ1n) is 7.89. The van der Waals surface area contributed by atoms with E-state index >= 15 is 0 Å². The van der Waals surface area contributed by atoms with Gasteiger partial charge in [-0.3, -0.25) is 0 Å². The van der Waals surface area contributed by atoms with Crippen LogP contribution in [0.25, 0.3) is 0 Å². The Hall–Kier alpha value is -2.49. The molecule has 122 valence electrons. The minimum absolute atomic E-state index is 0.223. The summed E-state index contributed by atoms with van der Waals surface area (Å²) in [5, 5.41) is 5.62. The van der Waals surface area contributed by atoms with Gasteiger partial charge in [0.05, 0.1) is 6.54 Å². The van der Waals surface area contributed by atoms with Crippen LogP contribution in [0.1, 0.15) is 30.9 Å². The van der Waals surface area contributed by atoms with E-state index in [1.54, 1.807) is 0 Å². The van der Waals surface area contributed by atoms with Crippen LogP contribution in [0.15, 0.2) is 48.5 Å². The van der Waals surface area contributed by atoms with Crippen LogP contribution in [0.3, 0.4) is 0 Å². The number of rotatable bonds is 6. The van der Waals surface area contributed by atoms with E-state index in [0.29, 0.717) is 19.1 Å². The molecule has 0 fully saturated rings. The maximum absolute atomic E-state index is 11.8. The number of aryl methyl sites for hydroxylation is 1. The molecular weight excluding hydrogens is 288 g/mol. The molecule has 0 aromatic heterocycles. The van der Waals surface area contributed by atoms with Crippen LogP contribution in [-0.2, 0) is 0 Å². The van der Waals surface area contributed by atoms with E-state index in [2.05, 4.69) is 30.5 Å². The lowest BCUT2D eigenvalue weighted by Crippen LogP contribution is -2.32. The molecule has 2 N–H and O–H groups in total. The zero-order valence-electron chi connectivity index (χ0n) is 13.9. The fourth-order valence-corrected chi connectivity index (χ4v) is 2.18. The summed E-state index contributed by atoms with van der Waals surface area (Å²) in [7, 11) is 0. The quantitative estimate of drug-likeness (QED) is 0.781. The number of para-hydroxylation sites is 1. The molecule has 0 atom stereocenters. The Bertz CT molecular complexity index is 653. The summed E-state index contributed by atoms with van der Waals surface area (Å²) in [6, 6.07) is 15.5. The second-order valence-corrected chi connectivity index (χ2v) is 5.77. The third-order valence-electron chi connectivity index (χ3n) is 3.57. The summed E-state index contributed by atoms with van der Waals surface area (Å²) >= 11 is 0. The van der Waals surface area contributed by atoms with Crippen molar-refractivity contribution in [1.82, 2.24) is 5.32 Å². The molecule has 0 unspecified atom stereocenters. The Kier molecular flexibility index (Phi) is 6.03. The van der Waals surface area contributed by atoms with Gasteiger partial charge >= 0.3 is 6.03 Å². The third-order valence-corrected chi connectivity index (χ3v) is 3.57. The Morgan fingerprint density at radius 2 is 1.91 bits per heavy atom. The van der Waals surface area contributed by atoms with Gasteiger partial charge in [0.2, 0.25) is 0 Å². The number of ether oxygens (including phenoxy) is 1. The van der Waals surface area contributed by atoms with Crippen molar-refractivity contribution in [2.45, 2.75) is 26.7 Å². The highest BCUT2D eigenvalue weighted by Crippen LogP contribution is 2.19.